The topological polar surface area (TPSA) is 75.7 Å². The molecule has 6 nitrogen and oxygen atoms in total. The van der Waals surface area contributed by atoms with Gasteiger partial charge in [0, 0.05) is 25.2 Å². The number of rotatable bonds is 5. The molecule has 1 heterocycles. The molecule has 152 valence electrons. The smallest absolute Gasteiger partial charge is 0.338 e. The summed E-state index contributed by atoms with van der Waals surface area (Å²) in [7, 11) is 1.28. The molecule has 0 radical (unpaired) electrons. The van der Waals surface area contributed by atoms with Crippen LogP contribution in [0.2, 0.25) is 0 Å². The van der Waals surface area contributed by atoms with E-state index in [9.17, 15) is 18.8 Å². The van der Waals surface area contributed by atoms with E-state index in [1.54, 1.807) is 29.2 Å². The number of carbonyl (C=O) groups excluding carboxylic acids is 3. The lowest BCUT2D eigenvalue weighted by Crippen LogP contribution is -2.44. The molecule has 1 atom stereocenters. The van der Waals surface area contributed by atoms with Crippen LogP contribution in [0.1, 0.15) is 43.9 Å². The van der Waals surface area contributed by atoms with Gasteiger partial charge in [0.15, 0.2) is 0 Å². The maximum absolute atomic E-state index is 13.0. The number of esters is 1. The number of likely N-dealkylation sites (tertiary alicyclic amines) is 1. The van der Waals surface area contributed by atoms with E-state index in [0.717, 1.165) is 12.8 Å². The highest BCUT2D eigenvalue weighted by atomic mass is 19.1. The summed E-state index contributed by atoms with van der Waals surface area (Å²) in [5, 5.41) is 2.85. The standard InChI is InChI=1S/C22H23FN2O4/c1-29-22(28)19-7-3-2-6-18(19)21(27)25-12-4-5-15(14-25)13-24-20(26)16-8-10-17(23)11-9-16/h2-3,6-11,15H,4-5,12-14H2,1H3,(H,24,26)/t15-/m0/s1. The lowest BCUT2D eigenvalue weighted by atomic mass is 9.96. The van der Waals surface area contributed by atoms with Crippen molar-refractivity contribution in [2.24, 2.45) is 5.92 Å². The highest BCUT2D eigenvalue weighted by Crippen LogP contribution is 2.20. The molecule has 0 aliphatic carbocycles. The molecule has 29 heavy (non-hydrogen) atoms. The Kier molecular flexibility index (Phi) is 6.59. The zero-order valence-electron chi connectivity index (χ0n) is 16.2. The van der Waals surface area contributed by atoms with E-state index in [1.807, 2.05) is 0 Å². The molecule has 1 saturated heterocycles. The summed E-state index contributed by atoms with van der Waals surface area (Å²) in [4.78, 5) is 38.9. The summed E-state index contributed by atoms with van der Waals surface area (Å²) in [6, 6.07) is 12.0. The Morgan fingerprint density at radius 3 is 2.48 bits per heavy atom. The predicted octanol–water partition coefficient (Wildman–Crippen LogP) is 2.89. The number of ether oxygens (including phenoxy) is 1. The van der Waals surface area contributed by atoms with Gasteiger partial charge in [-0.3, -0.25) is 9.59 Å². The van der Waals surface area contributed by atoms with Gasteiger partial charge in [0.05, 0.1) is 18.2 Å². The molecule has 2 aromatic rings. The first kappa shape index (κ1) is 20.5. The molecular weight excluding hydrogens is 375 g/mol. The van der Waals surface area contributed by atoms with Gasteiger partial charge in [0.1, 0.15) is 5.82 Å². The highest BCUT2D eigenvalue weighted by Gasteiger charge is 2.27. The summed E-state index contributed by atoms with van der Waals surface area (Å²) < 4.78 is 17.8. The Hall–Kier alpha value is -3.22. The van der Waals surface area contributed by atoms with E-state index < -0.39 is 11.8 Å². The first-order chi connectivity index (χ1) is 14.0. The Bertz CT molecular complexity index is 898. The molecular formula is C22H23FN2O4. The number of amides is 2. The van der Waals surface area contributed by atoms with Gasteiger partial charge in [-0.1, -0.05) is 12.1 Å². The van der Waals surface area contributed by atoms with Crippen LogP contribution in [0.4, 0.5) is 4.39 Å². The third-order valence-electron chi connectivity index (χ3n) is 5.03. The fraction of sp³-hybridized carbons (Fsp3) is 0.318. The van der Waals surface area contributed by atoms with Crippen LogP contribution in [0.25, 0.3) is 0 Å². The van der Waals surface area contributed by atoms with Gasteiger partial charge >= 0.3 is 5.97 Å². The SMILES string of the molecule is COC(=O)c1ccccc1C(=O)N1CCC[C@@H](CNC(=O)c2ccc(F)cc2)C1. The molecule has 3 rings (SSSR count). The molecule has 1 fully saturated rings. The van der Waals surface area contributed by atoms with Crippen LogP contribution in [-0.2, 0) is 4.74 Å². The number of hydrogen-bond donors (Lipinski definition) is 1. The van der Waals surface area contributed by atoms with Crippen molar-refractivity contribution >= 4 is 17.8 Å². The second-order valence-electron chi connectivity index (χ2n) is 7.01. The number of hydrogen-bond acceptors (Lipinski definition) is 4. The first-order valence-corrected chi connectivity index (χ1v) is 9.50. The molecule has 7 heteroatoms. The number of nitrogens with one attached hydrogen (secondary N) is 1. The van der Waals surface area contributed by atoms with Crippen molar-refractivity contribution in [1.29, 1.82) is 0 Å². The van der Waals surface area contributed by atoms with E-state index in [-0.39, 0.29) is 23.3 Å². The fourth-order valence-electron chi connectivity index (χ4n) is 3.48. The van der Waals surface area contributed by atoms with Gasteiger partial charge in [-0.25, -0.2) is 9.18 Å². The van der Waals surface area contributed by atoms with Gasteiger partial charge in [-0.05, 0) is 55.2 Å². The largest absolute Gasteiger partial charge is 0.465 e. The molecule has 0 aromatic heterocycles. The van der Waals surface area contributed by atoms with E-state index in [0.29, 0.717) is 30.8 Å². The monoisotopic (exact) mass is 398 g/mol. The number of nitrogens with zero attached hydrogens (tertiary/aromatic N) is 1. The van der Waals surface area contributed by atoms with Crippen LogP contribution in [-0.4, -0.2) is 49.4 Å². The molecule has 2 amide bonds. The van der Waals surface area contributed by atoms with Crippen LogP contribution in [0.5, 0.6) is 0 Å². The molecule has 2 aromatic carbocycles. The van der Waals surface area contributed by atoms with Crippen LogP contribution in [0.15, 0.2) is 48.5 Å². The molecule has 1 N–H and O–H groups in total. The zero-order chi connectivity index (χ0) is 20.8. The Morgan fingerprint density at radius 2 is 1.79 bits per heavy atom. The fourth-order valence-corrected chi connectivity index (χ4v) is 3.48. The first-order valence-electron chi connectivity index (χ1n) is 9.50. The minimum Gasteiger partial charge on any atom is -0.465 e. The van der Waals surface area contributed by atoms with Gasteiger partial charge in [-0.2, -0.15) is 0 Å². The minimum atomic E-state index is -0.547. The molecule has 0 unspecified atom stereocenters. The number of methoxy groups -OCH3 is 1. The Balaban J connectivity index is 1.62. The van der Waals surface area contributed by atoms with Crippen molar-refractivity contribution < 1.29 is 23.5 Å². The lowest BCUT2D eigenvalue weighted by Gasteiger charge is -2.33. The Morgan fingerprint density at radius 1 is 1.10 bits per heavy atom. The van der Waals surface area contributed by atoms with Crippen molar-refractivity contribution in [2.75, 3.05) is 26.7 Å². The van der Waals surface area contributed by atoms with Crippen molar-refractivity contribution in [2.45, 2.75) is 12.8 Å². The van der Waals surface area contributed by atoms with Crippen molar-refractivity contribution in [3.8, 4) is 0 Å². The Labute approximate surface area is 168 Å². The van der Waals surface area contributed by atoms with Crippen molar-refractivity contribution in [1.82, 2.24) is 10.2 Å². The second-order valence-corrected chi connectivity index (χ2v) is 7.01. The maximum Gasteiger partial charge on any atom is 0.338 e. The van der Waals surface area contributed by atoms with Crippen LogP contribution < -0.4 is 5.32 Å². The van der Waals surface area contributed by atoms with Crippen LogP contribution in [0, 0.1) is 11.7 Å². The molecule has 1 aliphatic heterocycles. The number of carbonyl (C=O) groups is 3. The third kappa shape index (κ3) is 4.99. The summed E-state index contributed by atoms with van der Waals surface area (Å²) >= 11 is 0. The maximum atomic E-state index is 13.0. The predicted molar refractivity (Wildman–Crippen MR) is 105 cm³/mol. The minimum absolute atomic E-state index is 0.0994. The summed E-state index contributed by atoms with van der Waals surface area (Å²) in [6.07, 6.45) is 1.69. The van der Waals surface area contributed by atoms with Crippen molar-refractivity contribution in [3.63, 3.8) is 0 Å². The van der Waals surface area contributed by atoms with Crippen LogP contribution in [0.3, 0.4) is 0 Å². The molecule has 0 bridgehead atoms. The average molecular weight is 398 g/mol. The van der Waals surface area contributed by atoms with Gasteiger partial charge < -0.3 is 15.0 Å². The van der Waals surface area contributed by atoms with Gasteiger partial charge in [0.2, 0.25) is 0 Å². The third-order valence-corrected chi connectivity index (χ3v) is 5.03. The molecule has 0 saturated carbocycles. The molecule has 1 aliphatic rings. The van der Waals surface area contributed by atoms with E-state index >= 15 is 0 Å². The number of halogens is 1. The van der Waals surface area contributed by atoms with Gasteiger partial charge in [-0.15, -0.1) is 0 Å². The van der Waals surface area contributed by atoms with E-state index in [1.165, 1.54) is 31.4 Å². The highest BCUT2D eigenvalue weighted by molar-refractivity contribution is 6.05. The lowest BCUT2D eigenvalue weighted by molar-refractivity contribution is 0.0580. The zero-order valence-corrected chi connectivity index (χ0v) is 16.2. The van der Waals surface area contributed by atoms with E-state index in [2.05, 4.69) is 5.32 Å². The average Bonchev–Trinajstić information content (AvgIpc) is 2.77. The van der Waals surface area contributed by atoms with Gasteiger partial charge in [0.25, 0.3) is 11.8 Å². The quantitative estimate of drug-likeness (QED) is 0.786. The van der Waals surface area contributed by atoms with E-state index in [4.69, 9.17) is 4.74 Å². The summed E-state index contributed by atoms with van der Waals surface area (Å²) in [6.45, 7) is 1.49. The number of piperidine rings is 1. The summed E-state index contributed by atoms with van der Waals surface area (Å²) in [5.41, 5.74) is 0.948. The number of benzene rings is 2. The summed E-state index contributed by atoms with van der Waals surface area (Å²) in [5.74, 6) is -1.34. The van der Waals surface area contributed by atoms with Crippen LogP contribution >= 0.6 is 0 Å². The molecule has 0 spiro atoms. The second kappa shape index (κ2) is 9.32. The normalized spacial score (nSPS) is 16.2. The van der Waals surface area contributed by atoms with Crippen molar-refractivity contribution in [3.05, 3.63) is 71.0 Å².